The van der Waals surface area contributed by atoms with Crippen LogP contribution >= 0.6 is 15.9 Å². The van der Waals surface area contributed by atoms with Crippen molar-refractivity contribution in [2.75, 3.05) is 0 Å². The molecule has 0 saturated carbocycles. The van der Waals surface area contributed by atoms with E-state index in [-0.39, 0.29) is 11.8 Å². The minimum absolute atomic E-state index is 0.0191. The highest BCUT2D eigenvalue weighted by atomic mass is 79.9. The monoisotopic (exact) mass is 287 g/mol. The molecule has 0 spiro atoms. The summed E-state index contributed by atoms with van der Waals surface area (Å²) in [5.74, 6) is 0.0191. The standard InChI is InChI=1S/C11H18BrN3O/c1-7(2)15-10(8(12)6-14-15)9(16)5-11(3,4)13/h6-7H,5,13H2,1-4H3. The fraction of sp³-hybridized carbons (Fsp3) is 0.636. The molecule has 4 nitrogen and oxygen atoms in total. The van der Waals surface area contributed by atoms with Crippen LogP contribution in [0, 0.1) is 0 Å². The van der Waals surface area contributed by atoms with E-state index < -0.39 is 5.54 Å². The summed E-state index contributed by atoms with van der Waals surface area (Å²) in [4.78, 5) is 12.1. The van der Waals surface area contributed by atoms with Crippen LogP contribution < -0.4 is 5.73 Å². The number of nitrogens with zero attached hydrogens (tertiary/aromatic N) is 2. The van der Waals surface area contributed by atoms with E-state index >= 15 is 0 Å². The highest BCUT2D eigenvalue weighted by Crippen LogP contribution is 2.22. The normalized spacial score (nSPS) is 12.2. The Hall–Kier alpha value is -0.680. The van der Waals surface area contributed by atoms with Crippen LogP contribution in [-0.2, 0) is 0 Å². The van der Waals surface area contributed by atoms with Crippen LogP contribution in [0.5, 0.6) is 0 Å². The van der Waals surface area contributed by atoms with E-state index in [1.54, 1.807) is 10.9 Å². The van der Waals surface area contributed by atoms with Crippen molar-refractivity contribution in [2.24, 2.45) is 5.73 Å². The van der Waals surface area contributed by atoms with Crippen molar-refractivity contribution in [3.05, 3.63) is 16.4 Å². The van der Waals surface area contributed by atoms with Gasteiger partial charge in [0.2, 0.25) is 0 Å². The summed E-state index contributed by atoms with van der Waals surface area (Å²) in [6.07, 6.45) is 1.96. The first-order chi connectivity index (χ1) is 7.22. The zero-order chi connectivity index (χ0) is 12.5. The van der Waals surface area contributed by atoms with Gasteiger partial charge in [0, 0.05) is 18.0 Å². The van der Waals surface area contributed by atoms with Crippen molar-refractivity contribution in [3.8, 4) is 0 Å². The van der Waals surface area contributed by atoms with Crippen LogP contribution in [0.2, 0.25) is 0 Å². The average molecular weight is 288 g/mol. The molecule has 1 rings (SSSR count). The van der Waals surface area contributed by atoms with Crippen molar-refractivity contribution >= 4 is 21.7 Å². The molecule has 0 saturated heterocycles. The smallest absolute Gasteiger partial charge is 0.183 e. The van der Waals surface area contributed by atoms with Crippen LogP contribution in [0.1, 0.15) is 50.6 Å². The number of hydrogen-bond acceptors (Lipinski definition) is 3. The summed E-state index contributed by atoms with van der Waals surface area (Å²) >= 11 is 3.35. The largest absolute Gasteiger partial charge is 0.325 e. The first-order valence-electron chi connectivity index (χ1n) is 5.27. The second kappa shape index (κ2) is 4.67. The van der Waals surface area contributed by atoms with Crippen LogP contribution in [0.15, 0.2) is 10.7 Å². The molecule has 5 heteroatoms. The minimum atomic E-state index is -0.497. The number of nitrogens with two attached hydrogens (primary N) is 1. The lowest BCUT2D eigenvalue weighted by Gasteiger charge is -2.18. The molecular weight excluding hydrogens is 270 g/mol. The average Bonchev–Trinajstić information content (AvgIpc) is 2.43. The fourth-order valence-electron chi connectivity index (χ4n) is 1.49. The maximum Gasteiger partial charge on any atom is 0.183 e. The quantitative estimate of drug-likeness (QED) is 0.866. The summed E-state index contributed by atoms with van der Waals surface area (Å²) in [5, 5.41) is 4.17. The third-order valence-electron chi connectivity index (χ3n) is 2.12. The van der Waals surface area contributed by atoms with Gasteiger partial charge in [-0.05, 0) is 43.6 Å². The van der Waals surface area contributed by atoms with Crippen molar-refractivity contribution in [1.82, 2.24) is 9.78 Å². The molecule has 0 unspecified atom stereocenters. The molecule has 0 aromatic carbocycles. The molecule has 0 fully saturated rings. The van der Waals surface area contributed by atoms with Gasteiger partial charge in [0.1, 0.15) is 5.69 Å². The van der Waals surface area contributed by atoms with Crippen molar-refractivity contribution in [3.63, 3.8) is 0 Å². The zero-order valence-electron chi connectivity index (χ0n) is 10.1. The van der Waals surface area contributed by atoms with Gasteiger partial charge < -0.3 is 5.73 Å². The minimum Gasteiger partial charge on any atom is -0.325 e. The zero-order valence-corrected chi connectivity index (χ0v) is 11.7. The van der Waals surface area contributed by atoms with Crippen LogP contribution in [0.3, 0.4) is 0 Å². The Bertz CT molecular complexity index is 390. The predicted molar refractivity (Wildman–Crippen MR) is 67.5 cm³/mol. The summed E-state index contributed by atoms with van der Waals surface area (Å²) < 4.78 is 2.45. The van der Waals surface area contributed by atoms with Crippen LogP contribution in [0.25, 0.3) is 0 Å². The third-order valence-corrected chi connectivity index (χ3v) is 2.70. The molecule has 0 aliphatic carbocycles. The number of ketones is 1. The summed E-state index contributed by atoms with van der Waals surface area (Å²) in [7, 11) is 0. The van der Waals surface area contributed by atoms with Crippen LogP contribution in [0.4, 0.5) is 0 Å². The molecule has 1 aromatic rings. The number of halogens is 1. The van der Waals surface area contributed by atoms with E-state index in [4.69, 9.17) is 5.73 Å². The third kappa shape index (κ3) is 3.15. The maximum atomic E-state index is 12.1. The molecular formula is C11H18BrN3O. The molecule has 1 aromatic heterocycles. The Morgan fingerprint density at radius 1 is 1.62 bits per heavy atom. The first kappa shape index (κ1) is 13.4. The predicted octanol–water partition coefficient (Wildman–Crippen LogP) is 2.54. The molecule has 0 amide bonds. The van der Waals surface area contributed by atoms with Crippen LogP contribution in [-0.4, -0.2) is 21.1 Å². The summed E-state index contributed by atoms with van der Waals surface area (Å²) in [5.41, 5.74) is 5.96. The van der Waals surface area contributed by atoms with Gasteiger partial charge in [0.25, 0.3) is 0 Å². The molecule has 90 valence electrons. The fourth-order valence-corrected chi connectivity index (χ4v) is 1.99. The molecule has 1 heterocycles. The van der Waals surface area contributed by atoms with E-state index in [1.165, 1.54) is 0 Å². The van der Waals surface area contributed by atoms with E-state index in [1.807, 2.05) is 27.7 Å². The Kier molecular flexibility index (Phi) is 3.91. The Morgan fingerprint density at radius 2 is 2.19 bits per heavy atom. The maximum absolute atomic E-state index is 12.1. The van der Waals surface area contributed by atoms with Gasteiger partial charge in [-0.25, -0.2) is 0 Å². The number of rotatable bonds is 4. The highest BCUT2D eigenvalue weighted by Gasteiger charge is 2.23. The number of hydrogen-bond donors (Lipinski definition) is 1. The van der Waals surface area contributed by atoms with Gasteiger partial charge in [-0.3, -0.25) is 9.48 Å². The molecule has 16 heavy (non-hydrogen) atoms. The van der Waals surface area contributed by atoms with Gasteiger partial charge >= 0.3 is 0 Å². The van der Waals surface area contributed by atoms with E-state index in [2.05, 4.69) is 21.0 Å². The van der Waals surface area contributed by atoms with Gasteiger partial charge in [0.05, 0.1) is 10.7 Å². The number of carbonyl (C=O) groups is 1. The summed E-state index contributed by atoms with van der Waals surface area (Å²) in [6, 6.07) is 0.158. The Labute approximate surface area is 104 Å². The van der Waals surface area contributed by atoms with E-state index in [0.717, 1.165) is 4.47 Å². The Balaban J connectivity index is 3.03. The molecule has 0 aliphatic rings. The van der Waals surface area contributed by atoms with Crippen molar-refractivity contribution < 1.29 is 4.79 Å². The SMILES string of the molecule is CC(C)n1ncc(Br)c1C(=O)CC(C)(C)N. The first-order valence-corrected chi connectivity index (χ1v) is 6.07. The number of carbonyl (C=O) groups excluding carboxylic acids is 1. The topological polar surface area (TPSA) is 60.9 Å². The summed E-state index contributed by atoms with van der Waals surface area (Å²) in [6.45, 7) is 7.66. The van der Waals surface area contributed by atoms with Crippen molar-refractivity contribution in [2.45, 2.75) is 45.7 Å². The van der Waals surface area contributed by atoms with Crippen molar-refractivity contribution in [1.29, 1.82) is 0 Å². The second-order valence-corrected chi connectivity index (χ2v) is 5.82. The lowest BCUT2D eigenvalue weighted by atomic mass is 9.98. The highest BCUT2D eigenvalue weighted by molar-refractivity contribution is 9.10. The molecule has 0 atom stereocenters. The lowest BCUT2D eigenvalue weighted by Crippen LogP contribution is -2.35. The van der Waals surface area contributed by atoms with Gasteiger partial charge in [-0.1, -0.05) is 0 Å². The number of aromatic nitrogens is 2. The van der Waals surface area contributed by atoms with E-state index in [9.17, 15) is 4.79 Å². The lowest BCUT2D eigenvalue weighted by molar-refractivity contribution is 0.0947. The molecule has 0 bridgehead atoms. The molecule has 0 aliphatic heterocycles. The Morgan fingerprint density at radius 3 is 2.62 bits per heavy atom. The second-order valence-electron chi connectivity index (χ2n) is 4.97. The van der Waals surface area contributed by atoms with Gasteiger partial charge in [-0.2, -0.15) is 5.10 Å². The molecule has 0 radical (unpaired) electrons. The van der Waals surface area contributed by atoms with E-state index in [0.29, 0.717) is 12.1 Å². The van der Waals surface area contributed by atoms with Gasteiger partial charge in [0.15, 0.2) is 5.78 Å². The van der Waals surface area contributed by atoms with Gasteiger partial charge in [-0.15, -0.1) is 0 Å². The molecule has 2 N–H and O–H groups in total. The number of Topliss-reactive ketones (excluding diaryl/α,β-unsaturated/α-hetero) is 1.